The number of nitrogens with zero attached hydrogens (tertiary/aromatic N) is 4. The average molecular weight is 396 g/mol. The number of nitrogens with one attached hydrogen (secondary N) is 1. The zero-order valence-electron chi connectivity index (χ0n) is 14.2. The summed E-state index contributed by atoms with van der Waals surface area (Å²) < 4.78 is 1.50. The highest BCUT2D eigenvalue weighted by molar-refractivity contribution is 7.99. The van der Waals surface area contributed by atoms with Crippen LogP contribution in [0.25, 0.3) is 10.2 Å². The molecule has 0 aliphatic heterocycles. The molecule has 0 aliphatic carbocycles. The van der Waals surface area contributed by atoms with Crippen LogP contribution in [0.4, 0.5) is 5.13 Å². The van der Waals surface area contributed by atoms with Gasteiger partial charge in [-0.25, -0.2) is 4.98 Å². The summed E-state index contributed by atoms with van der Waals surface area (Å²) in [7, 11) is 1.68. The molecule has 0 atom stereocenters. The van der Waals surface area contributed by atoms with Crippen LogP contribution in [-0.4, -0.2) is 31.4 Å². The number of anilines is 1. The van der Waals surface area contributed by atoms with E-state index in [1.54, 1.807) is 7.05 Å². The van der Waals surface area contributed by atoms with E-state index >= 15 is 0 Å². The lowest BCUT2D eigenvalue weighted by Crippen LogP contribution is -2.21. The fraction of sp³-hybridized carbons (Fsp3) is 0.400. The van der Waals surface area contributed by atoms with E-state index in [4.69, 9.17) is 0 Å². The SMILES string of the molecule is CCc1nnc(NC(=O)CSc2nc3sc(C)c(C)c3c(=O)n2C)s1. The van der Waals surface area contributed by atoms with E-state index in [0.29, 0.717) is 15.7 Å². The molecular weight excluding hydrogens is 378 g/mol. The molecule has 0 unspecified atom stereocenters. The van der Waals surface area contributed by atoms with Crippen molar-refractivity contribution in [2.75, 3.05) is 11.1 Å². The number of fused-ring (bicyclic) bond motifs is 1. The van der Waals surface area contributed by atoms with Crippen LogP contribution < -0.4 is 10.9 Å². The second kappa shape index (κ2) is 7.22. The summed E-state index contributed by atoms with van der Waals surface area (Å²) in [6.07, 6.45) is 0.786. The zero-order valence-corrected chi connectivity index (χ0v) is 16.7. The standard InChI is InChI=1S/C15H17N5O2S3/c1-5-10-18-19-14(25-10)16-9(21)6-23-15-17-12-11(13(22)20(15)4)7(2)8(3)24-12/h5-6H2,1-4H3,(H,16,19,21). The number of thiophene rings is 1. The number of rotatable bonds is 5. The lowest BCUT2D eigenvalue weighted by Gasteiger charge is -2.07. The Morgan fingerprint density at radius 2 is 2.04 bits per heavy atom. The fourth-order valence-corrected chi connectivity index (χ4v) is 4.76. The van der Waals surface area contributed by atoms with Gasteiger partial charge in [-0.05, 0) is 25.8 Å². The summed E-state index contributed by atoms with van der Waals surface area (Å²) in [5, 5.41) is 13.2. The number of thioether (sulfide) groups is 1. The zero-order chi connectivity index (χ0) is 18.1. The van der Waals surface area contributed by atoms with Crippen LogP contribution in [0.5, 0.6) is 0 Å². The molecule has 0 aromatic carbocycles. The number of amides is 1. The maximum absolute atomic E-state index is 12.6. The van der Waals surface area contributed by atoms with Crippen molar-refractivity contribution in [2.24, 2.45) is 7.05 Å². The second-order valence-electron chi connectivity index (χ2n) is 5.41. The molecule has 1 N–H and O–H groups in total. The van der Waals surface area contributed by atoms with Gasteiger partial charge in [-0.3, -0.25) is 19.5 Å². The first-order chi connectivity index (χ1) is 11.9. The third kappa shape index (κ3) is 3.60. The van der Waals surface area contributed by atoms with Gasteiger partial charge in [-0.2, -0.15) is 0 Å². The van der Waals surface area contributed by atoms with Crippen molar-refractivity contribution in [1.29, 1.82) is 0 Å². The Kier molecular flexibility index (Phi) is 5.21. The van der Waals surface area contributed by atoms with E-state index in [9.17, 15) is 9.59 Å². The molecule has 0 aliphatic rings. The van der Waals surface area contributed by atoms with Gasteiger partial charge in [0.2, 0.25) is 11.0 Å². The lowest BCUT2D eigenvalue weighted by molar-refractivity contribution is -0.113. The maximum atomic E-state index is 12.6. The highest BCUT2D eigenvalue weighted by Crippen LogP contribution is 2.28. The van der Waals surface area contributed by atoms with Crippen molar-refractivity contribution in [1.82, 2.24) is 19.7 Å². The topological polar surface area (TPSA) is 89.8 Å². The third-order valence-corrected chi connectivity index (χ3v) is 6.83. The van der Waals surface area contributed by atoms with Crippen LogP contribution in [0.1, 0.15) is 22.4 Å². The predicted octanol–water partition coefficient (Wildman–Crippen LogP) is 2.76. The summed E-state index contributed by atoms with van der Waals surface area (Å²) in [4.78, 5) is 31.0. The third-order valence-electron chi connectivity index (χ3n) is 3.72. The van der Waals surface area contributed by atoms with E-state index in [1.165, 1.54) is 39.0 Å². The Morgan fingerprint density at radius 1 is 1.28 bits per heavy atom. The van der Waals surface area contributed by atoms with Crippen molar-refractivity contribution in [3.8, 4) is 0 Å². The number of hydrogen-bond donors (Lipinski definition) is 1. The molecular formula is C15H17N5O2S3. The Morgan fingerprint density at radius 3 is 2.72 bits per heavy atom. The van der Waals surface area contributed by atoms with Gasteiger partial charge in [-0.1, -0.05) is 30.0 Å². The van der Waals surface area contributed by atoms with Gasteiger partial charge in [0.25, 0.3) is 5.56 Å². The van der Waals surface area contributed by atoms with Crippen molar-refractivity contribution in [3.05, 3.63) is 25.8 Å². The van der Waals surface area contributed by atoms with Gasteiger partial charge < -0.3 is 0 Å². The Balaban J connectivity index is 1.75. The molecule has 3 rings (SSSR count). The van der Waals surface area contributed by atoms with Gasteiger partial charge in [0.05, 0.1) is 11.1 Å². The number of aryl methyl sites for hydroxylation is 3. The van der Waals surface area contributed by atoms with Crippen molar-refractivity contribution in [3.63, 3.8) is 0 Å². The molecule has 0 fully saturated rings. The van der Waals surface area contributed by atoms with E-state index in [-0.39, 0.29) is 17.2 Å². The highest BCUT2D eigenvalue weighted by atomic mass is 32.2. The van der Waals surface area contributed by atoms with Crippen molar-refractivity contribution < 1.29 is 4.79 Å². The van der Waals surface area contributed by atoms with Crippen LogP contribution in [0, 0.1) is 13.8 Å². The molecule has 3 aromatic heterocycles. The molecule has 0 saturated heterocycles. The van der Waals surface area contributed by atoms with Crippen molar-refractivity contribution in [2.45, 2.75) is 32.3 Å². The summed E-state index contributed by atoms with van der Waals surface area (Å²) in [5.74, 6) is -0.0485. The quantitative estimate of drug-likeness (QED) is 0.528. The van der Waals surface area contributed by atoms with E-state index in [2.05, 4.69) is 20.5 Å². The highest BCUT2D eigenvalue weighted by Gasteiger charge is 2.16. The Labute approximate surface area is 156 Å². The van der Waals surface area contributed by atoms with Gasteiger partial charge in [0, 0.05) is 11.9 Å². The van der Waals surface area contributed by atoms with E-state index in [0.717, 1.165) is 26.7 Å². The van der Waals surface area contributed by atoms with Gasteiger partial charge >= 0.3 is 0 Å². The Hall–Kier alpha value is -1.78. The molecule has 25 heavy (non-hydrogen) atoms. The largest absolute Gasteiger partial charge is 0.300 e. The average Bonchev–Trinajstić information content (AvgIpc) is 3.14. The van der Waals surface area contributed by atoms with Gasteiger partial charge in [0.1, 0.15) is 9.84 Å². The molecule has 3 heterocycles. The Bertz CT molecular complexity index is 1000. The molecule has 10 heteroatoms. The molecule has 1 amide bonds. The molecule has 0 saturated carbocycles. The smallest absolute Gasteiger partial charge is 0.262 e. The molecule has 7 nitrogen and oxygen atoms in total. The summed E-state index contributed by atoms with van der Waals surface area (Å²) in [6, 6.07) is 0. The van der Waals surface area contributed by atoms with Crippen LogP contribution in [0.15, 0.2) is 9.95 Å². The van der Waals surface area contributed by atoms with E-state index < -0.39 is 0 Å². The number of carbonyl (C=O) groups excluding carboxylic acids is 1. The van der Waals surface area contributed by atoms with Gasteiger partial charge in [0.15, 0.2) is 5.16 Å². The number of aromatic nitrogens is 4. The summed E-state index contributed by atoms with van der Waals surface area (Å²) >= 11 is 4.10. The number of hydrogen-bond acceptors (Lipinski definition) is 8. The van der Waals surface area contributed by atoms with Crippen LogP contribution >= 0.6 is 34.4 Å². The molecule has 0 bridgehead atoms. The molecule has 0 radical (unpaired) electrons. The van der Waals surface area contributed by atoms with Crippen LogP contribution in [0.3, 0.4) is 0 Å². The maximum Gasteiger partial charge on any atom is 0.262 e. The fourth-order valence-electron chi connectivity index (χ4n) is 2.22. The first-order valence-electron chi connectivity index (χ1n) is 7.62. The first-order valence-corrected chi connectivity index (χ1v) is 10.2. The molecule has 0 spiro atoms. The minimum atomic E-state index is -0.198. The minimum absolute atomic E-state index is 0.0773. The van der Waals surface area contributed by atoms with Gasteiger partial charge in [-0.15, -0.1) is 21.5 Å². The molecule has 132 valence electrons. The lowest BCUT2D eigenvalue weighted by atomic mass is 10.2. The molecule has 3 aromatic rings. The number of carbonyl (C=O) groups is 1. The van der Waals surface area contributed by atoms with Crippen LogP contribution in [-0.2, 0) is 18.3 Å². The van der Waals surface area contributed by atoms with Crippen LogP contribution in [0.2, 0.25) is 0 Å². The minimum Gasteiger partial charge on any atom is -0.300 e. The summed E-state index contributed by atoms with van der Waals surface area (Å²) in [5.41, 5.74) is 0.900. The first kappa shape index (κ1) is 18.0. The van der Waals surface area contributed by atoms with Crippen molar-refractivity contribution >= 4 is 55.7 Å². The predicted molar refractivity (Wildman–Crippen MR) is 103 cm³/mol. The second-order valence-corrected chi connectivity index (χ2v) is 8.62. The normalized spacial score (nSPS) is 11.2. The monoisotopic (exact) mass is 395 g/mol. The van der Waals surface area contributed by atoms with E-state index in [1.807, 2.05) is 20.8 Å². The summed E-state index contributed by atoms with van der Waals surface area (Å²) in [6.45, 7) is 5.90.